The van der Waals surface area contributed by atoms with E-state index in [0.717, 1.165) is 32.6 Å². The molecular formula is C11H20N2O. The summed E-state index contributed by atoms with van der Waals surface area (Å²) in [5, 5.41) is 0. The largest absolute Gasteiger partial charge is 0.341 e. The van der Waals surface area contributed by atoms with Crippen LogP contribution in [0, 0.1) is 5.41 Å². The topological polar surface area (TPSA) is 23.6 Å². The molecule has 0 aromatic carbocycles. The molecule has 2 saturated heterocycles. The van der Waals surface area contributed by atoms with Gasteiger partial charge < -0.3 is 4.90 Å². The molecule has 0 aromatic rings. The summed E-state index contributed by atoms with van der Waals surface area (Å²) in [6, 6.07) is 0. The molecule has 0 spiro atoms. The molecule has 0 N–H and O–H groups in total. The van der Waals surface area contributed by atoms with Crippen molar-refractivity contribution < 1.29 is 4.79 Å². The summed E-state index contributed by atoms with van der Waals surface area (Å²) in [6.07, 6.45) is 2.41. The lowest BCUT2D eigenvalue weighted by Crippen LogP contribution is -2.45. The van der Waals surface area contributed by atoms with Crippen molar-refractivity contribution in [1.29, 1.82) is 0 Å². The fourth-order valence-electron chi connectivity index (χ4n) is 2.16. The van der Waals surface area contributed by atoms with Crippen LogP contribution in [0.4, 0.5) is 0 Å². The molecule has 0 aromatic heterocycles. The van der Waals surface area contributed by atoms with Crippen LogP contribution in [0.5, 0.6) is 0 Å². The van der Waals surface area contributed by atoms with E-state index < -0.39 is 0 Å². The van der Waals surface area contributed by atoms with Gasteiger partial charge in [-0.2, -0.15) is 0 Å². The number of carbonyl (C=O) groups excluding carboxylic acids is 1. The second-order valence-electron chi connectivity index (χ2n) is 5.36. The number of likely N-dealkylation sites (tertiary alicyclic amines) is 2. The second-order valence-corrected chi connectivity index (χ2v) is 5.36. The third-order valence-corrected chi connectivity index (χ3v) is 3.34. The summed E-state index contributed by atoms with van der Waals surface area (Å²) < 4.78 is 0. The summed E-state index contributed by atoms with van der Waals surface area (Å²) >= 11 is 0. The number of carbonyl (C=O) groups is 1. The van der Waals surface area contributed by atoms with Crippen LogP contribution in [0.25, 0.3) is 0 Å². The minimum Gasteiger partial charge on any atom is -0.341 e. The van der Waals surface area contributed by atoms with Gasteiger partial charge in [-0.1, -0.05) is 13.8 Å². The van der Waals surface area contributed by atoms with Crippen molar-refractivity contribution in [3.05, 3.63) is 0 Å². The Morgan fingerprint density at radius 2 is 2.00 bits per heavy atom. The Bertz CT molecular complexity index is 233. The van der Waals surface area contributed by atoms with Gasteiger partial charge >= 0.3 is 0 Å². The van der Waals surface area contributed by atoms with Crippen LogP contribution >= 0.6 is 0 Å². The molecule has 0 radical (unpaired) electrons. The van der Waals surface area contributed by atoms with Gasteiger partial charge in [-0.15, -0.1) is 0 Å². The van der Waals surface area contributed by atoms with Crippen molar-refractivity contribution in [2.45, 2.75) is 26.7 Å². The van der Waals surface area contributed by atoms with Crippen LogP contribution in [0.2, 0.25) is 0 Å². The average Bonchev–Trinajstić information content (AvgIpc) is 2.38. The van der Waals surface area contributed by atoms with Gasteiger partial charge in [0.1, 0.15) is 0 Å². The summed E-state index contributed by atoms with van der Waals surface area (Å²) in [4.78, 5) is 16.1. The zero-order valence-electron chi connectivity index (χ0n) is 9.25. The number of nitrogens with zero attached hydrogens (tertiary/aromatic N) is 2. The van der Waals surface area contributed by atoms with E-state index in [-0.39, 0.29) is 0 Å². The van der Waals surface area contributed by atoms with E-state index in [1.54, 1.807) is 0 Å². The molecule has 2 aliphatic heterocycles. The first kappa shape index (κ1) is 9.97. The average molecular weight is 196 g/mol. The maximum Gasteiger partial charge on any atom is 0.236 e. The molecule has 0 unspecified atom stereocenters. The molecule has 14 heavy (non-hydrogen) atoms. The maximum atomic E-state index is 11.8. The molecule has 0 bridgehead atoms. The SMILES string of the molecule is CC1(C)CCN(C(=O)CN2CCC2)C1. The molecule has 2 heterocycles. The Morgan fingerprint density at radius 1 is 1.29 bits per heavy atom. The van der Waals surface area contributed by atoms with Crippen LogP contribution in [0.15, 0.2) is 0 Å². The Balaban J connectivity index is 1.80. The second kappa shape index (κ2) is 3.54. The van der Waals surface area contributed by atoms with E-state index in [0.29, 0.717) is 17.9 Å². The van der Waals surface area contributed by atoms with Crippen molar-refractivity contribution in [2.75, 3.05) is 32.7 Å². The highest BCUT2D eigenvalue weighted by atomic mass is 16.2. The highest BCUT2D eigenvalue weighted by molar-refractivity contribution is 5.78. The maximum absolute atomic E-state index is 11.8. The van der Waals surface area contributed by atoms with Crippen LogP contribution in [0.3, 0.4) is 0 Å². The van der Waals surface area contributed by atoms with E-state index in [1.165, 1.54) is 6.42 Å². The third kappa shape index (κ3) is 2.08. The Labute approximate surface area is 86.1 Å². The lowest BCUT2D eigenvalue weighted by Gasteiger charge is -2.31. The molecule has 3 nitrogen and oxygen atoms in total. The third-order valence-electron chi connectivity index (χ3n) is 3.34. The first-order chi connectivity index (χ1) is 6.57. The summed E-state index contributed by atoms with van der Waals surface area (Å²) in [7, 11) is 0. The Morgan fingerprint density at radius 3 is 2.43 bits per heavy atom. The Hall–Kier alpha value is -0.570. The van der Waals surface area contributed by atoms with Crippen molar-refractivity contribution in [1.82, 2.24) is 9.80 Å². The Kier molecular flexibility index (Phi) is 2.52. The van der Waals surface area contributed by atoms with Gasteiger partial charge in [0.15, 0.2) is 0 Å². The predicted octanol–water partition coefficient (Wildman–Crippen LogP) is 0.951. The fourth-order valence-corrected chi connectivity index (χ4v) is 2.16. The zero-order valence-corrected chi connectivity index (χ0v) is 9.25. The molecule has 3 heteroatoms. The minimum atomic E-state index is 0.329. The first-order valence-corrected chi connectivity index (χ1v) is 5.57. The minimum absolute atomic E-state index is 0.329. The standard InChI is InChI=1S/C11H20N2O/c1-11(2)4-7-13(9-11)10(14)8-12-5-3-6-12/h3-9H2,1-2H3. The molecule has 1 amide bonds. The summed E-state index contributed by atoms with van der Waals surface area (Å²) in [6.45, 7) is 9.26. The quantitative estimate of drug-likeness (QED) is 0.656. The van der Waals surface area contributed by atoms with Gasteiger partial charge in [-0.3, -0.25) is 9.69 Å². The van der Waals surface area contributed by atoms with Crippen molar-refractivity contribution in [3.63, 3.8) is 0 Å². The number of rotatable bonds is 2. The predicted molar refractivity (Wildman–Crippen MR) is 56.0 cm³/mol. The van der Waals surface area contributed by atoms with Crippen LogP contribution < -0.4 is 0 Å². The van der Waals surface area contributed by atoms with E-state index in [1.807, 2.05) is 4.90 Å². The van der Waals surface area contributed by atoms with Gasteiger partial charge in [0.25, 0.3) is 0 Å². The normalized spacial score (nSPS) is 26.3. The van der Waals surface area contributed by atoms with E-state index in [2.05, 4.69) is 18.7 Å². The summed E-state index contributed by atoms with van der Waals surface area (Å²) in [5.41, 5.74) is 0.338. The lowest BCUT2D eigenvalue weighted by atomic mass is 9.93. The highest BCUT2D eigenvalue weighted by Crippen LogP contribution is 2.28. The molecule has 80 valence electrons. The van der Waals surface area contributed by atoms with Gasteiger partial charge in [0.2, 0.25) is 5.91 Å². The van der Waals surface area contributed by atoms with Crippen molar-refractivity contribution in [3.8, 4) is 0 Å². The van der Waals surface area contributed by atoms with Gasteiger partial charge in [0, 0.05) is 13.1 Å². The molecule has 2 fully saturated rings. The van der Waals surface area contributed by atoms with E-state index in [9.17, 15) is 4.79 Å². The first-order valence-electron chi connectivity index (χ1n) is 5.57. The lowest BCUT2D eigenvalue weighted by molar-refractivity contribution is -0.132. The molecule has 2 aliphatic rings. The summed E-state index contributed by atoms with van der Waals surface area (Å²) in [5.74, 6) is 0.329. The van der Waals surface area contributed by atoms with E-state index >= 15 is 0 Å². The van der Waals surface area contributed by atoms with Crippen molar-refractivity contribution in [2.24, 2.45) is 5.41 Å². The molecule has 0 saturated carbocycles. The van der Waals surface area contributed by atoms with Crippen LogP contribution in [-0.4, -0.2) is 48.4 Å². The smallest absolute Gasteiger partial charge is 0.236 e. The fraction of sp³-hybridized carbons (Fsp3) is 0.909. The molecular weight excluding hydrogens is 176 g/mol. The number of hydrogen-bond donors (Lipinski definition) is 0. The molecule has 0 atom stereocenters. The van der Waals surface area contributed by atoms with Crippen molar-refractivity contribution >= 4 is 5.91 Å². The number of amides is 1. The molecule has 2 rings (SSSR count). The van der Waals surface area contributed by atoms with E-state index in [4.69, 9.17) is 0 Å². The van der Waals surface area contributed by atoms with Crippen LogP contribution in [-0.2, 0) is 4.79 Å². The zero-order chi connectivity index (χ0) is 10.2. The van der Waals surface area contributed by atoms with Gasteiger partial charge in [-0.05, 0) is 31.3 Å². The van der Waals surface area contributed by atoms with Crippen LogP contribution in [0.1, 0.15) is 26.7 Å². The number of hydrogen-bond acceptors (Lipinski definition) is 2. The van der Waals surface area contributed by atoms with Gasteiger partial charge in [0.05, 0.1) is 6.54 Å². The monoisotopic (exact) mass is 196 g/mol. The van der Waals surface area contributed by atoms with Gasteiger partial charge in [-0.25, -0.2) is 0 Å². The highest BCUT2D eigenvalue weighted by Gasteiger charge is 2.32. The molecule has 0 aliphatic carbocycles.